The first kappa shape index (κ1) is 16.0. The molecule has 1 amide bonds. The molecule has 6 nitrogen and oxygen atoms in total. The number of carbonyl (C=O) groups excluding carboxylic acids is 1. The van der Waals surface area contributed by atoms with Gasteiger partial charge in [-0.25, -0.2) is 5.10 Å². The van der Waals surface area contributed by atoms with Crippen LogP contribution in [0.3, 0.4) is 0 Å². The summed E-state index contributed by atoms with van der Waals surface area (Å²) < 4.78 is 0. The van der Waals surface area contributed by atoms with Crippen LogP contribution in [-0.2, 0) is 6.54 Å². The number of pyridine rings is 1. The monoisotopic (exact) mass is 344 g/mol. The van der Waals surface area contributed by atoms with Crippen molar-refractivity contribution in [3.63, 3.8) is 0 Å². The molecule has 128 valence electrons. The zero-order valence-electron chi connectivity index (χ0n) is 14.1. The van der Waals surface area contributed by atoms with Crippen molar-refractivity contribution in [1.29, 1.82) is 0 Å². The van der Waals surface area contributed by atoms with Crippen molar-refractivity contribution in [2.75, 3.05) is 7.05 Å². The molecule has 0 unspecified atom stereocenters. The molecule has 2 aromatic carbocycles. The molecule has 0 fully saturated rings. The Morgan fingerprint density at radius 1 is 1.00 bits per heavy atom. The Balaban J connectivity index is 1.71. The van der Waals surface area contributed by atoms with Crippen molar-refractivity contribution in [3.05, 3.63) is 82.4 Å². The van der Waals surface area contributed by atoms with Crippen LogP contribution in [-0.4, -0.2) is 33.0 Å². The number of hydrogen-bond acceptors (Lipinski definition) is 4. The second kappa shape index (κ2) is 6.40. The van der Waals surface area contributed by atoms with Gasteiger partial charge in [-0.1, -0.05) is 36.4 Å². The highest BCUT2D eigenvalue weighted by Crippen LogP contribution is 2.19. The summed E-state index contributed by atoms with van der Waals surface area (Å²) in [5, 5.41) is 8.41. The molecule has 0 bridgehead atoms. The molecule has 0 aliphatic rings. The lowest BCUT2D eigenvalue weighted by atomic mass is 10.1. The Labute approximate surface area is 149 Å². The topological polar surface area (TPSA) is 79.0 Å². The summed E-state index contributed by atoms with van der Waals surface area (Å²) in [6.45, 7) is 0.414. The molecule has 26 heavy (non-hydrogen) atoms. The number of aromatic nitrogens is 3. The average molecular weight is 344 g/mol. The van der Waals surface area contributed by atoms with Crippen LogP contribution < -0.4 is 5.56 Å². The number of rotatable bonds is 3. The Morgan fingerprint density at radius 3 is 2.62 bits per heavy atom. The molecule has 0 aliphatic heterocycles. The van der Waals surface area contributed by atoms with Crippen molar-refractivity contribution < 1.29 is 4.79 Å². The van der Waals surface area contributed by atoms with Crippen LogP contribution in [0.15, 0.2) is 65.6 Å². The van der Waals surface area contributed by atoms with E-state index in [9.17, 15) is 9.59 Å². The van der Waals surface area contributed by atoms with Crippen molar-refractivity contribution in [1.82, 2.24) is 20.1 Å². The van der Waals surface area contributed by atoms with Crippen LogP contribution in [0.2, 0.25) is 0 Å². The molecular weight excluding hydrogens is 328 g/mol. The quantitative estimate of drug-likeness (QED) is 0.620. The second-order valence-corrected chi connectivity index (χ2v) is 6.10. The van der Waals surface area contributed by atoms with E-state index >= 15 is 0 Å². The fourth-order valence-corrected chi connectivity index (χ4v) is 3.09. The van der Waals surface area contributed by atoms with E-state index in [0.29, 0.717) is 17.3 Å². The second-order valence-electron chi connectivity index (χ2n) is 6.10. The third-order valence-corrected chi connectivity index (χ3v) is 4.39. The fourth-order valence-electron chi connectivity index (χ4n) is 3.09. The van der Waals surface area contributed by atoms with Gasteiger partial charge < -0.3 is 4.90 Å². The molecule has 1 N–H and O–H groups in total. The lowest BCUT2D eigenvalue weighted by molar-refractivity contribution is 0.0781. The van der Waals surface area contributed by atoms with E-state index in [1.54, 1.807) is 42.4 Å². The zero-order chi connectivity index (χ0) is 18.1. The van der Waals surface area contributed by atoms with Crippen LogP contribution in [0.25, 0.3) is 21.7 Å². The number of amides is 1. The first-order chi connectivity index (χ1) is 12.6. The predicted octanol–water partition coefficient (Wildman–Crippen LogP) is 2.74. The predicted molar refractivity (Wildman–Crippen MR) is 99.9 cm³/mol. The number of aromatic amines is 1. The van der Waals surface area contributed by atoms with E-state index in [4.69, 9.17) is 0 Å². The summed E-state index contributed by atoms with van der Waals surface area (Å²) in [6.07, 6.45) is 1.75. The molecule has 4 aromatic rings. The smallest absolute Gasteiger partial charge is 0.274 e. The van der Waals surface area contributed by atoms with Gasteiger partial charge >= 0.3 is 0 Å². The highest BCUT2D eigenvalue weighted by atomic mass is 16.2. The maximum Gasteiger partial charge on any atom is 0.274 e. The molecule has 2 heterocycles. The summed E-state index contributed by atoms with van der Waals surface area (Å²) in [5.41, 5.74) is 1.82. The van der Waals surface area contributed by atoms with Gasteiger partial charge in [0.25, 0.3) is 11.5 Å². The standard InChI is InChI=1S/C20H16N4O2/c1-24(12-13-6-4-10-17-14(13)9-5-11-21-17)20(26)18-15-7-2-3-8-16(15)19(25)23-22-18/h2-11H,12H2,1H3,(H,23,25). The molecule has 6 heteroatoms. The maximum atomic E-state index is 12.9. The molecule has 0 saturated carbocycles. The number of nitrogens with one attached hydrogen (secondary N) is 1. The van der Waals surface area contributed by atoms with Gasteiger partial charge in [0.1, 0.15) is 0 Å². The van der Waals surface area contributed by atoms with Gasteiger partial charge in [0.15, 0.2) is 5.69 Å². The number of benzene rings is 2. The van der Waals surface area contributed by atoms with E-state index in [0.717, 1.165) is 16.5 Å². The maximum absolute atomic E-state index is 12.9. The van der Waals surface area contributed by atoms with E-state index in [1.807, 2.05) is 30.3 Å². The van der Waals surface area contributed by atoms with Crippen LogP contribution in [0.1, 0.15) is 16.1 Å². The summed E-state index contributed by atoms with van der Waals surface area (Å²) in [5.74, 6) is -0.252. The van der Waals surface area contributed by atoms with Crippen molar-refractivity contribution >= 4 is 27.6 Å². The van der Waals surface area contributed by atoms with Gasteiger partial charge in [-0.15, -0.1) is 0 Å². The number of hydrogen-bond donors (Lipinski definition) is 1. The lowest BCUT2D eigenvalue weighted by Crippen LogP contribution is -2.28. The Morgan fingerprint density at radius 2 is 1.77 bits per heavy atom. The summed E-state index contributed by atoms with van der Waals surface area (Å²) in [7, 11) is 1.72. The highest BCUT2D eigenvalue weighted by molar-refractivity contribution is 6.04. The van der Waals surface area contributed by atoms with Gasteiger partial charge in [0.2, 0.25) is 0 Å². The number of H-pyrrole nitrogens is 1. The normalized spacial score (nSPS) is 11.0. The molecule has 4 rings (SSSR count). The highest BCUT2D eigenvalue weighted by Gasteiger charge is 2.18. The van der Waals surface area contributed by atoms with Crippen LogP contribution in [0.5, 0.6) is 0 Å². The zero-order valence-corrected chi connectivity index (χ0v) is 14.1. The minimum absolute atomic E-state index is 0.237. The Hall–Kier alpha value is -3.54. The third-order valence-electron chi connectivity index (χ3n) is 4.39. The fraction of sp³-hybridized carbons (Fsp3) is 0.100. The third kappa shape index (κ3) is 2.71. The van der Waals surface area contributed by atoms with Gasteiger partial charge in [0, 0.05) is 30.6 Å². The Kier molecular flexibility index (Phi) is 3.93. The largest absolute Gasteiger partial charge is 0.336 e. The summed E-state index contributed by atoms with van der Waals surface area (Å²) in [4.78, 5) is 30.8. The summed E-state index contributed by atoms with van der Waals surface area (Å²) in [6, 6.07) is 16.7. The molecule has 0 radical (unpaired) electrons. The molecule has 0 spiro atoms. The van der Waals surface area contributed by atoms with Crippen LogP contribution >= 0.6 is 0 Å². The van der Waals surface area contributed by atoms with Gasteiger partial charge in [-0.05, 0) is 23.8 Å². The van der Waals surface area contributed by atoms with Gasteiger partial charge in [-0.2, -0.15) is 5.10 Å². The minimum Gasteiger partial charge on any atom is -0.336 e. The Bertz CT molecular complexity index is 1180. The molecule has 0 aliphatic carbocycles. The molecule has 2 aromatic heterocycles. The summed E-state index contributed by atoms with van der Waals surface area (Å²) >= 11 is 0. The molecular formula is C20H16N4O2. The molecule has 0 saturated heterocycles. The van der Waals surface area contributed by atoms with Gasteiger partial charge in [0.05, 0.1) is 10.9 Å². The van der Waals surface area contributed by atoms with Gasteiger partial charge in [-0.3, -0.25) is 14.6 Å². The first-order valence-corrected chi connectivity index (χ1v) is 8.20. The number of fused-ring (bicyclic) bond motifs is 2. The van der Waals surface area contributed by atoms with Crippen molar-refractivity contribution in [2.45, 2.75) is 6.54 Å². The number of carbonyl (C=O) groups is 1. The van der Waals surface area contributed by atoms with Crippen molar-refractivity contribution in [3.8, 4) is 0 Å². The lowest BCUT2D eigenvalue weighted by Gasteiger charge is -2.18. The average Bonchev–Trinajstić information content (AvgIpc) is 2.68. The van der Waals surface area contributed by atoms with E-state index in [1.165, 1.54) is 0 Å². The first-order valence-electron chi connectivity index (χ1n) is 8.20. The van der Waals surface area contributed by atoms with E-state index < -0.39 is 0 Å². The van der Waals surface area contributed by atoms with Crippen LogP contribution in [0, 0.1) is 0 Å². The SMILES string of the molecule is CN(Cc1cccc2ncccc12)C(=O)c1n[nH]c(=O)c2ccccc12. The van der Waals surface area contributed by atoms with E-state index in [2.05, 4.69) is 15.2 Å². The number of nitrogens with zero attached hydrogens (tertiary/aromatic N) is 3. The van der Waals surface area contributed by atoms with Crippen molar-refractivity contribution in [2.24, 2.45) is 0 Å². The minimum atomic E-state index is -0.306. The van der Waals surface area contributed by atoms with Crippen LogP contribution in [0.4, 0.5) is 0 Å². The van der Waals surface area contributed by atoms with E-state index in [-0.39, 0.29) is 17.2 Å². The molecule has 0 atom stereocenters.